The number of nitrogens with one attached hydrogen (secondary N) is 1. The van der Waals surface area contributed by atoms with Crippen LogP contribution in [0.5, 0.6) is 0 Å². The second-order valence-electron chi connectivity index (χ2n) is 6.01. The number of aromatic amines is 1. The molecule has 0 saturated heterocycles. The highest BCUT2D eigenvalue weighted by Gasteiger charge is 2.26. The topological polar surface area (TPSA) is 76.7 Å². The van der Waals surface area contributed by atoms with E-state index in [1.807, 2.05) is 31.2 Å². The normalized spacial score (nSPS) is 22.4. The molecule has 0 bridgehead atoms. The number of aromatic nitrogens is 3. The van der Waals surface area contributed by atoms with Gasteiger partial charge in [0.2, 0.25) is 0 Å². The Balaban J connectivity index is 1.91. The lowest BCUT2D eigenvalue weighted by Crippen LogP contribution is -2.24. The fraction of sp³-hybridized carbons (Fsp3) is 0.500. The van der Waals surface area contributed by atoms with Crippen LogP contribution in [0, 0.1) is 12.8 Å². The fourth-order valence-electron chi connectivity index (χ4n) is 3.18. The Kier molecular flexibility index (Phi) is 3.92. The maximum Gasteiger partial charge on any atom is 0.347 e. The summed E-state index contributed by atoms with van der Waals surface area (Å²) in [6.45, 7) is 2.80. The molecule has 1 heterocycles. The van der Waals surface area contributed by atoms with Crippen molar-refractivity contribution in [1.82, 2.24) is 14.8 Å². The number of benzene rings is 1. The number of hydrogen-bond donors (Lipinski definition) is 2. The smallest absolute Gasteiger partial charge is 0.330 e. The van der Waals surface area contributed by atoms with Crippen LogP contribution in [0.3, 0.4) is 0 Å². The molecule has 0 aliphatic heterocycles. The number of aryl methyl sites for hydroxylation is 1. The maximum absolute atomic E-state index is 12.1. The van der Waals surface area contributed by atoms with Gasteiger partial charge in [-0.3, -0.25) is 0 Å². The highest BCUT2D eigenvalue weighted by Crippen LogP contribution is 2.34. The van der Waals surface area contributed by atoms with Gasteiger partial charge in [-0.05, 0) is 57.2 Å². The number of rotatable bonds is 3. The van der Waals surface area contributed by atoms with Gasteiger partial charge in [-0.15, -0.1) is 0 Å². The molecule has 0 radical (unpaired) electrons. The molecule has 5 nitrogen and oxygen atoms in total. The van der Waals surface area contributed by atoms with Crippen molar-refractivity contribution in [2.75, 3.05) is 6.54 Å². The molecule has 21 heavy (non-hydrogen) atoms. The Labute approximate surface area is 124 Å². The van der Waals surface area contributed by atoms with E-state index in [2.05, 4.69) is 10.2 Å². The molecule has 3 rings (SSSR count). The molecule has 0 amide bonds. The van der Waals surface area contributed by atoms with Crippen molar-refractivity contribution in [2.24, 2.45) is 11.7 Å². The molecule has 1 fully saturated rings. The van der Waals surface area contributed by atoms with E-state index in [9.17, 15) is 4.79 Å². The van der Waals surface area contributed by atoms with E-state index in [-0.39, 0.29) is 5.69 Å². The van der Waals surface area contributed by atoms with Crippen LogP contribution in [0.1, 0.15) is 43.0 Å². The van der Waals surface area contributed by atoms with Gasteiger partial charge in [0, 0.05) is 5.92 Å². The molecule has 1 aliphatic carbocycles. The highest BCUT2D eigenvalue weighted by molar-refractivity contribution is 5.35. The lowest BCUT2D eigenvalue weighted by atomic mass is 9.81. The summed E-state index contributed by atoms with van der Waals surface area (Å²) in [5.74, 6) is 1.83. The van der Waals surface area contributed by atoms with Crippen LogP contribution in [0.15, 0.2) is 29.1 Å². The zero-order valence-corrected chi connectivity index (χ0v) is 12.4. The van der Waals surface area contributed by atoms with E-state index >= 15 is 0 Å². The number of nitrogens with two attached hydrogens (primary N) is 1. The molecule has 112 valence electrons. The Morgan fingerprint density at radius 1 is 1.24 bits per heavy atom. The van der Waals surface area contributed by atoms with Gasteiger partial charge in [0.25, 0.3) is 0 Å². The second kappa shape index (κ2) is 5.85. The second-order valence-corrected chi connectivity index (χ2v) is 6.01. The van der Waals surface area contributed by atoms with Gasteiger partial charge in [-0.1, -0.05) is 17.7 Å². The van der Waals surface area contributed by atoms with E-state index in [0.29, 0.717) is 11.8 Å². The zero-order valence-electron chi connectivity index (χ0n) is 12.4. The summed E-state index contributed by atoms with van der Waals surface area (Å²) in [6.07, 6.45) is 4.35. The Hall–Kier alpha value is -1.88. The SMILES string of the molecule is Cc1ccc(-n2c(C3CCC(CN)CC3)n[nH]c2=O)cc1. The van der Waals surface area contributed by atoms with Crippen LogP contribution in [0.25, 0.3) is 5.69 Å². The summed E-state index contributed by atoms with van der Waals surface area (Å²) in [5, 5.41) is 6.89. The predicted octanol–water partition coefficient (Wildman–Crippen LogP) is 2.10. The van der Waals surface area contributed by atoms with Crippen molar-refractivity contribution in [1.29, 1.82) is 0 Å². The molecular formula is C16H22N4O. The summed E-state index contributed by atoms with van der Waals surface area (Å²) in [5.41, 5.74) is 7.66. The van der Waals surface area contributed by atoms with Crippen LogP contribution < -0.4 is 11.4 Å². The Morgan fingerprint density at radius 2 is 1.90 bits per heavy atom. The van der Waals surface area contributed by atoms with Gasteiger partial charge in [0.1, 0.15) is 5.82 Å². The van der Waals surface area contributed by atoms with Gasteiger partial charge in [0.05, 0.1) is 5.69 Å². The molecule has 0 atom stereocenters. The summed E-state index contributed by atoms with van der Waals surface area (Å²) < 4.78 is 1.72. The molecule has 1 aromatic carbocycles. The summed E-state index contributed by atoms with van der Waals surface area (Å²) in [6, 6.07) is 7.98. The quantitative estimate of drug-likeness (QED) is 0.907. The van der Waals surface area contributed by atoms with Gasteiger partial charge >= 0.3 is 5.69 Å². The van der Waals surface area contributed by atoms with E-state index in [1.165, 1.54) is 5.56 Å². The third-order valence-electron chi connectivity index (χ3n) is 4.54. The van der Waals surface area contributed by atoms with Crippen LogP contribution >= 0.6 is 0 Å². The van der Waals surface area contributed by atoms with Crippen LogP contribution in [0.2, 0.25) is 0 Å². The minimum Gasteiger partial charge on any atom is -0.330 e. The van der Waals surface area contributed by atoms with Crippen molar-refractivity contribution in [3.05, 3.63) is 46.1 Å². The molecule has 5 heteroatoms. The standard InChI is InChI=1S/C16H22N4O/c1-11-2-8-14(9-3-11)20-15(18-19-16(20)21)13-6-4-12(10-17)5-7-13/h2-3,8-9,12-13H,4-7,10,17H2,1H3,(H,19,21). The zero-order chi connectivity index (χ0) is 14.8. The van der Waals surface area contributed by atoms with E-state index in [1.54, 1.807) is 4.57 Å². The van der Waals surface area contributed by atoms with Crippen molar-refractivity contribution in [3.8, 4) is 5.69 Å². The maximum atomic E-state index is 12.1. The summed E-state index contributed by atoms with van der Waals surface area (Å²) in [4.78, 5) is 12.1. The van der Waals surface area contributed by atoms with Gasteiger partial charge in [0.15, 0.2) is 0 Å². The lowest BCUT2D eigenvalue weighted by molar-refractivity contribution is 0.323. The average Bonchev–Trinajstić information content (AvgIpc) is 2.90. The van der Waals surface area contributed by atoms with E-state index < -0.39 is 0 Å². The summed E-state index contributed by atoms with van der Waals surface area (Å²) in [7, 11) is 0. The monoisotopic (exact) mass is 286 g/mol. The lowest BCUT2D eigenvalue weighted by Gasteiger charge is -2.27. The van der Waals surface area contributed by atoms with Crippen molar-refractivity contribution >= 4 is 0 Å². The molecule has 1 aliphatic rings. The van der Waals surface area contributed by atoms with E-state index in [0.717, 1.165) is 43.7 Å². The van der Waals surface area contributed by atoms with Gasteiger partial charge in [-0.25, -0.2) is 14.5 Å². The summed E-state index contributed by atoms with van der Waals surface area (Å²) >= 11 is 0. The molecule has 1 saturated carbocycles. The predicted molar refractivity (Wildman–Crippen MR) is 82.7 cm³/mol. The molecule has 2 aromatic rings. The first-order valence-electron chi connectivity index (χ1n) is 7.63. The minimum atomic E-state index is -0.158. The third-order valence-corrected chi connectivity index (χ3v) is 4.54. The molecule has 3 N–H and O–H groups in total. The van der Waals surface area contributed by atoms with Gasteiger partial charge in [-0.2, -0.15) is 5.10 Å². The van der Waals surface area contributed by atoms with Crippen molar-refractivity contribution in [2.45, 2.75) is 38.5 Å². The number of hydrogen-bond acceptors (Lipinski definition) is 3. The van der Waals surface area contributed by atoms with Crippen LogP contribution in [0.4, 0.5) is 0 Å². The molecule has 1 aromatic heterocycles. The Bertz CT molecular complexity index is 648. The number of H-pyrrole nitrogens is 1. The minimum absolute atomic E-state index is 0.158. The third kappa shape index (κ3) is 2.78. The van der Waals surface area contributed by atoms with Crippen molar-refractivity contribution in [3.63, 3.8) is 0 Å². The first-order chi connectivity index (χ1) is 10.2. The van der Waals surface area contributed by atoms with Crippen molar-refractivity contribution < 1.29 is 0 Å². The molecule has 0 spiro atoms. The average molecular weight is 286 g/mol. The van der Waals surface area contributed by atoms with Gasteiger partial charge < -0.3 is 5.73 Å². The first kappa shape index (κ1) is 14.1. The molecule has 0 unspecified atom stereocenters. The highest BCUT2D eigenvalue weighted by atomic mass is 16.1. The van der Waals surface area contributed by atoms with Crippen LogP contribution in [-0.2, 0) is 0 Å². The van der Waals surface area contributed by atoms with Crippen LogP contribution in [-0.4, -0.2) is 21.3 Å². The number of nitrogens with zero attached hydrogens (tertiary/aromatic N) is 2. The fourth-order valence-corrected chi connectivity index (χ4v) is 3.18. The Morgan fingerprint density at radius 3 is 2.52 bits per heavy atom. The largest absolute Gasteiger partial charge is 0.347 e. The molecular weight excluding hydrogens is 264 g/mol. The van der Waals surface area contributed by atoms with E-state index in [4.69, 9.17) is 5.73 Å². The first-order valence-corrected chi connectivity index (χ1v) is 7.63.